The number of aromatic nitrogens is 2. The lowest BCUT2D eigenvalue weighted by atomic mass is 10.2. The Hall–Kier alpha value is -2.01. The average molecular weight is 251 g/mol. The first kappa shape index (κ1) is 11.5. The number of rotatable bonds is 3. The average Bonchev–Trinajstić information content (AvgIpc) is 2.67. The van der Waals surface area contributed by atoms with E-state index in [1.807, 2.05) is 0 Å². The second-order valence-corrected chi connectivity index (χ2v) is 3.92. The summed E-state index contributed by atoms with van der Waals surface area (Å²) in [5.74, 6) is 1.08. The molecule has 88 valence electrons. The number of nitrogens with one attached hydrogen (secondary N) is 1. The van der Waals surface area contributed by atoms with Crippen molar-refractivity contribution in [3.05, 3.63) is 41.2 Å². The summed E-state index contributed by atoms with van der Waals surface area (Å²) in [4.78, 5) is 0. The van der Waals surface area contributed by atoms with E-state index in [1.165, 1.54) is 0 Å². The SMILES string of the molecule is Cn1cc(Oc2ccc(C(=N)N)cc2Cl)cn1. The second kappa shape index (κ2) is 4.47. The minimum absolute atomic E-state index is 0.0279. The summed E-state index contributed by atoms with van der Waals surface area (Å²) < 4.78 is 7.17. The Bertz CT molecular complexity index is 564. The summed E-state index contributed by atoms with van der Waals surface area (Å²) in [6.45, 7) is 0. The molecular formula is C11H11ClN4O. The van der Waals surface area contributed by atoms with Crippen LogP contribution in [-0.2, 0) is 7.05 Å². The fourth-order valence-electron chi connectivity index (χ4n) is 1.33. The van der Waals surface area contributed by atoms with Crippen molar-refractivity contribution in [2.75, 3.05) is 0 Å². The number of amidine groups is 1. The Morgan fingerprint density at radius 2 is 2.29 bits per heavy atom. The van der Waals surface area contributed by atoms with Gasteiger partial charge in [-0.3, -0.25) is 10.1 Å². The van der Waals surface area contributed by atoms with E-state index >= 15 is 0 Å². The van der Waals surface area contributed by atoms with Crippen molar-refractivity contribution in [1.82, 2.24) is 9.78 Å². The third kappa shape index (κ3) is 2.57. The molecule has 5 nitrogen and oxygen atoms in total. The minimum Gasteiger partial charge on any atom is -0.452 e. The molecule has 0 atom stereocenters. The Balaban J connectivity index is 2.25. The van der Waals surface area contributed by atoms with Crippen LogP contribution in [0.4, 0.5) is 0 Å². The first-order chi connectivity index (χ1) is 8.06. The number of hydrogen-bond donors (Lipinski definition) is 2. The van der Waals surface area contributed by atoms with E-state index in [9.17, 15) is 0 Å². The maximum absolute atomic E-state index is 7.29. The lowest BCUT2D eigenvalue weighted by molar-refractivity contribution is 0.482. The molecule has 2 aromatic rings. The number of halogens is 1. The van der Waals surface area contributed by atoms with Crippen molar-refractivity contribution >= 4 is 17.4 Å². The maximum atomic E-state index is 7.29. The van der Waals surface area contributed by atoms with Gasteiger partial charge in [-0.1, -0.05) is 11.6 Å². The van der Waals surface area contributed by atoms with Crippen molar-refractivity contribution in [1.29, 1.82) is 5.41 Å². The normalized spacial score (nSPS) is 10.2. The second-order valence-electron chi connectivity index (χ2n) is 3.51. The first-order valence-corrected chi connectivity index (χ1v) is 5.24. The maximum Gasteiger partial charge on any atom is 0.165 e. The summed E-state index contributed by atoms with van der Waals surface area (Å²) in [6, 6.07) is 4.95. The zero-order valence-corrected chi connectivity index (χ0v) is 9.90. The van der Waals surface area contributed by atoms with Gasteiger partial charge in [-0.25, -0.2) is 0 Å². The van der Waals surface area contributed by atoms with Crippen LogP contribution < -0.4 is 10.5 Å². The topological polar surface area (TPSA) is 76.9 Å². The van der Waals surface area contributed by atoms with Crippen molar-refractivity contribution in [2.45, 2.75) is 0 Å². The molecule has 1 heterocycles. The number of nitrogens with zero attached hydrogens (tertiary/aromatic N) is 2. The van der Waals surface area contributed by atoms with Crippen LogP contribution in [0.3, 0.4) is 0 Å². The van der Waals surface area contributed by atoms with Crippen LogP contribution in [0.15, 0.2) is 30.6 Å². The van der Waals surface area contributed by atoms with Crippen molar-refractivity contribution in [2.24, 2.45) is 12.8 Å². The lowest BCUT2D eigenvalue weighted by Crippen LogP contribution is -2.10. The molecule has 0 saturated carbocycles. The highest BCUT2D eigenvalue weighted by atomic mass is 35.5. The van der Waals surface area contributed by atoms with E-state index < -0.39 is 0 Å². The van der Waals surface area contributed by atoms with Gasteiger partial charge in [-0.05, 0) is 18.2 Å². The van der Waals surface area contributed by atoms with Gasteiger partial charge in [0.05, 0.1) is 17.4 Å². The van der Waals surface area contributed by atoms with E-state index in [0.29, 0.717) is 22.1 Å². The van der Waals surface area contributed by atoms with Gasteiger partial charge in [0.2, 0.25) is 0 Å². The number of nitrogen functional groups attached to an aromatic ring is 1. The fourth-order valence-corrected chi connectivity index (χ4v) is 1.55. The van der Waals surface area contributed by atoms with Gasteiger partial charge in [0.1, 0.15) is 11.6 Å². The standard InChI is InChI=1S/C11H11ClN4O/c1-16-6-8(5-15-16)17-10-3-2-7(11(13)14)4-9(10)12/h2-6H,1H3,(H3,13,14). The summed E-state index contributed by atoms with van der Waals surface area (Å²) in [6.07, 6.45) is 3.32. The molecule has 0 saturated heterocycles. The molecule has 17 heavy (non-hydrogen) atoms. The molecule has 6 heteroatoms. The number of ether oxygens (including phenoxy) is 1. The Kier molecular flexibility index (Phi) is 3.01. The van der Waals surface area contributed by atoms with Crippen LogP contribution in [0.2, 0.25) is 5.02 Å². The van der Waals surface area contributed by atoms with E-state index in [0.717, 1.165) is 0 Å². The Morgan fingerprint density at radius 1 is 1.53 bits per heavy atom. The summed E-state index contributed by atoms with van der Waals surface area (Å²) in [5, 5.41) is 11.7. The van der Waals surface area contributed by atoms with Crippen molar-refractivity contribution < 1.29 is 4.74 Å². The molecule has 0 aliphatic heterocycles. The van der Waals surface area contributed by atoms with E-state index in [1.54, 1.807) is 42.3 Å². The van der Waals surface area contributed by atoms with E-state index in [-0.39, 0.29) is 5.84 Å². The zero-order valence-electron chi connectivity index (χ0n) is 9.14. The smallest absolute Gasteiger partial charge is 0.165 e. The van der Waals surface area contributed by atoms with Crippen LogP contribution in [0.1, 0.15) is 5.56 Å². The van der Waals surface area contributed by atoms with Crippen LogP contribution in [-0.4, -0.2) is 15.6 Å². The number of aryl methyl sites for hydroxylation is 1. The molecule has 2 rings (SSSR count). The molecule has 0 aliphatic rings. The molecule has 1 aromatic heterocycles. The third-order valence-electron chi connectivity index (χ3n) is 2.15. The number of hydrogen-bond acceptors (Lipinski definition) is 3. The molecule has 0 spiro atoms. The fraction of sp³-hybridized carbons (Fsp3) is 0.0909. The number of benzene rings is 1. The molecule has 3 N–H and O–H groups in total. The minimum atomic E-state index is -0.0279. The highest BCUT2D eigenvalue weighted by Crippen LogP contribution is 2.29. The summed E-state index contributed by atoms with van der Waals surface area (Å²) >= 11 is 6.03. The molecule has 0 bridgehead atoms. The predicted molar refractivity (Wildman–Crippen MR) is 65.8 cm³/mol. The molecule has 0 amide bonds. The molecule has 0 unspecified atom stereocenters. The van der Waals surface area contributed by atoms with Crippen LogP contribution >= 0.6 is 11.6 Å². The number of nitrogens with two attached hydrogens (primary N) is 1. The monoisotopic (exact) mass is 250 g/mol. The summed E-state index contributed by atoms with van der Waals surface area (Å²) in [5.41, 5.74) is 5.92. The zero-order chi connectivity index (χ0) is 12.4. The van der Waals surface area contributed by atoms with Crippen molar-refractivity contribution in [3.63, 3.8) is 0 Å². The molecular weight excluding hydrogens is 240 g/mol. The molecule has 1 aromatic carbocycles. The van der Waals surface area contributed by atoms with E-state index in [4.69, 9.17) is 27.5 Å². The Morgan fingerprint density at radius 3 is 2.82 bits per heavy atom. The molecule has 0 radical (unpaired) electrons. The van der Waals surface area contributed by atoms with Crippen LogP contribution in [0.5, 0.6) is 11.5 Å². The quantitative estimate of drug-likeness (QED) is 0.647. The largest absolute Gasteiger partial charge is 0.452 e. The van der Waals surface area contributed by atoms with Gasteiger partial charge in [-0.15, -0.1) is 0 Å². The van der Waals surface area contributed by atoms with E-state index in [2.05, 4.69) is 5.10 Å². The lowest BCUT2D eigenvalue weighted by Gasteiger charge is -2.06. The Labute approximate surface area is 103 Å². The van der Waals surface area contributed by atoms with Crippen LogP contribution in [0, 0.1) is 5.41 Å². The predicted octanol–water partition coefficient (Wildman–Crippen LogP) is 2.15. The van der Waals surface area contributed by atoms with Crippen molar-refractivity contribution in [3.8, 4) is 11.5 Å². The highest BCUT2D eigenvalue weighted by molar-refractivity contribution is 6.32. The van der Waals surface area contributed by atoms with Gasteiger partial charge >= 0.3 is 0 Å². The van der Waals surface area contributed by atoms with Gasteiger partial charge in [0, 0.05) is 12.6 Å². The van der Waals surface area contributed by atoms with Gasteiger partial charge in [0.25, 0.3) is 0 Å². The third-order valence-corrected chi connectivity index (χ3v) is 2.45. The van der Waals surface area contributed by atoms with Gasteiger partial charge in [-0.2, -0.15) is 5.10 Å². The highest BCUT2D eigenvalue weighted by Gasteiger charge is 2.06. The summed E-state index contributed by atoms with van der Waals surface area (Å²) in [7, 11) is 1.80. The van der Waals surface area contributed by atoms with Crippen LogP contribution in [0.25, 0.3) is 0 Å². The molecule has 0 aliphatic carbocycles. The first-order valence-electron chi connectivity index (χ1n) is 4.86. The van der Waals surface area contributed by atoms with Gasteiger partial charge < -0.3 is 10.5 Å². The molecule has 0 fully saturated rings. The van der Waals surface area contributed by atoms with Gasteiger partial charge in [0.15, 0.2) is 5.75 Å².